The molecule has 1 aromatic carbocycles. The summed E-state index contributed by atoms with van der Waals surface area (Å²) >= 11 is 0. The number of benzene rings is 1. The number of aliphatic carboxylic acids is 1. The normalized spacial score (nSPS) is 21.6. The molecule has 2 aliphatic heterocycles. The number of sulfonamides is 1. The molecule has 7 nitrogen and oxygen atoms in total. The number of hydrogen-bond donors (Lipinski definition) is 1. The lowest BCUT2D eigenvalue weighted by atomic mass is 10.0. The number of carboxylic acid groups (broad SMARTS) is 1. The molecule has 0 spiro atoms. The average Bonchev–Trinajstić information content (AvgIpc) is 2.60. The monoisotopic (exact) mass is 366 g/mol. The minimum absolute atomic E-state index is 0.00826. The van der Waals surface area contributed by atoms with Crippen molar-refractivity contribution in [3.05, 3.63) is 23.8 Å². The van der Waals surface area contributed by atoms with E-state index in [1.165, 1.54) is 17.3 Å². The molecule has 136 valence electrons. The van der Waals surface area contributed by atoms with Gasteiger partial charge in [-0.1, -0.05) is 0 Å². The zero-order valence-corrected chi connectivity index (χ0v) is 15.0. The number of carboxylic acids is 1. The molecule has 1 atom stereocenters. The Labute approximate surface area is 147 Å². The van der Waals surface area contributed by atoms with E-state index in [4.69, 9.17) is 0 Å². The molecule has 1 amide bonds. The lowest BCUT2D eigenvalue weighted by Crippen LogP contribution is -2.42. The van der Waals surface area contributed by atoms with Crippen molar-refractivity contribution < 1.29 is 23.1 Å². The second-order valence-corrected chi connectivity index (χ2v) is 8.54. The Hall–Kier alpha value is -1.93. The number of carbonyl (C=O) groups is 2. The highest BCUT2D eigenvalue weighted by Crippen LogP contribution is 2.31. The Morgan fingerprint density at radius 1 is 1.20 bits per heavy atom. The fourth-order valence-corrected chi connectivity index (χ4v) is 5.15. The summed E-state index contributed by atoms with van der Waals surface area (Å²) in [6.07, 6.45) is 2.56. The Kier molecular flexibility index (Phi) is 4.83. The van der Waals surface area contributed by atoms with Crippen LogP contribution in [0.1, 0.15) is 31.7 Å². The standard InChI is InChI=1S/C17H22N2O5S/c1-12(20)19-9-3-4-13-10-15(6-7-16(13)19)25(23,24)18-8-2-5-14(11-18)17(21)22/h6-7,10,14H,2-5,8-9,11H2,1H3,(H,21,22)/t14-/m0/s1. The number of hydrogen-bond acceptors (Lipinski definition) is 4. The second kappa shape index (κ2) is 6.76. The van der Waals surface area contributed by atoms with E-state index < -0.39 is 21.9 Å². The molecule has 0 bridgehead atoms. The van der Waals surface area contributed by atoms with Crippen LogP contribution in [0.3, 0.4) is 0 Å². The van der Waals surface area contributed by atoms with Crippen LogP contribution in [0.25, 0.3) is 0 Å². The van der Waals surface area contributed by atoms with Crippen molar-refractivity contribution in [3.63, 3.8) is 0 Å². The molecule has 3 rings (SSSR count). The van der Waals surface area contributed by atoms with Crippen LogP contribution in [0.15, 0.2) is 23.1 Å². The first-order chi connectivity index (χ1) is 11.8. The van der Waals surface area contributed by atoms with Crippen molar-refractivity contribution in [2.45, 2.75) is 37.5 Å². The fourth-order valence-electron chi connectivity index (χ4n) is 3.57. The number of nitrogens with zero attached hydrogens (tertiary/aromatic N) is 2. The Morgan fingerprint density at radius 2 is 1.96 bits per heavy atom. The first-order valence-corrected chi connectivity index (χ1v) is 9.88. The van der Waals surface area contributed by atoms with Gasteiger partial charge < -0.3 is 10.0 Å². The maximum atomic E-state index is 12.9. The largest absolute Gasteiger partial charge is 0.481 e. The maximum absolute atomic E-state index is 12.9. The number of rotatable bonds is 3. The highest BCUT2D eigenvalue weighted by Gasteiger charge is 2.34. The summed E-state index contributed by atoms with van der Waals surface area (Å²) in [6, 6.07) is 4.82. The van der Waals surface area contributed by atoms with Crippen LogP contribution in [0.5, 0.6) is 0 Å². The van der Waals surface area contributed by atoms with Crippen molar-refractivity contribution in [3.8, 4) is 0 Å². The van der Waals surface area contributed by atoms with Crippen molar-refractivity contribution in [1.29, 1.82) is 0 Å². The predicted molar refractivity (Wildman–Crippen MR) is 91.9 cm³/mol. The van der Waals surface area contributed by atoms with Gasteiger partial charge in [0, 0.05) is 32.2 Å². The van der Waals surface area contributed by atoms with Crippen molar-refractivity contribution >= 4 is 27.6 Å². The number of carbonyl (C=O) groups excluding carboxylic acids is 1. The van der Waals surface area contributed by atoms with Crippen molar-refractivity contribution in [2.75, 3.05) is 24.5 Å². The van der Waals surface area contributed by atoms with E-state index in [2.05, 4.69) is 0 Å². The Morgan fingerprint density at radius 3 is 2.64 bits per heavy atom. The number of amides is 1. The van der Waals surface area contributed by atoms with Gasteiger partial charge in [-0.25, -0.2) is 8.42 Å². The fraction of sp³-hybridized carbons (Fsp3) is 0.529. The molecule has 25 heavy (non-hydrogen) atoms. The van der Waals surface area contributed by atoms with Gasteiger partial charge in [0.25, 0.3) is 0 Å². The third-order valence-corrected chi connectivity index (χ3v) is 6.78. The lowest BCUT2D eigenvalue weighted by Gasteiger charge is -2.31. The van der Waals surface area contributed by atoms with E-state index in [1.807, 2.05) is 0 Å². The molecule has 0 aliphatic carbocycles. The first kappa shape index (κ1) is 17.9. The number of piperidine rings is 1. The van der Waals surface area contributed by atoms with Crippen LogP contribution in [0, 0.1) is 5.92 Å². The van der Waals surface area contributed by atoms with Gasteiger partial charge in [-0.05, 0) is 49.4 Å². The average molecular weight is 366 g/mol. The summed E-state index contributed by atoms with van der Waals surface area (Å²) in [5.41, 5.74) is 1.61. The molecule has 0 aromatic heterocycles. The minimum Gasteiger partial charge on any atom is -0.481 e. The maximum Gasteiger partial charge on any atom is 0.307 e. The molecule has 1 fully saturated rings. The van der Waals surface area contributed by atoms with Crippen LogP contribution in [0.4, 0.5) is 5.69 Å². The Balaban J connectivity index is 1.91. The second-order valence-electron chi connectivity index (χ2n) is 6.61. The summed E-state index contributed by atoms with van der Waals surface area (Å²) in [4.78, 5) is 24.8. The van der Waals surface area contributed by atoms with Crippen molar-refractivity contribution in [1.82, 2.24) is 4.31 Å². The molecular formula is C17H22N2O5S. The van der Waals surface area contributed by atoms with E-state index >= 15 is 0 Å². The number of anilines is 1. The van der Waals surface area contributed by atoms with Gasteiger partial charge in [0.05, 0.1) is 10.8 Å². The van der Waals surface area contributed by atoms with Gasteiger partial charge in [-0.2, -0.15) is 4.31 Å². The minimum atomic E-state index is -3.73. The van der Waals surface area contributed by atoms with E-state index in [-0.39, 0.29) is 17.3 Å². The zero-order valence-electron chi connectivity index (χ0n) is 14.1. The first-order valence-electron chi connectivity index (χ1n) is 8.44. The molecule has 0 unspecified atom stereocenters. The topological polar surface area (TPSA) is 95.0 Å². The highest BCUT2D eigenvalue weighted by molar-refractivity contribution is 7.89. The molecule has 2 aliphatic rings. The highest BCUT2D eigenvalue weighted by atomic mass is 32.2. The summed E-state index contributed by atoms with van der Waals surface area (Å²) < 4.78 is 27.1. The molecular weight excluding hydrogens is 344 g/mol. The molecule has 0 radical (unpaired) electrons. The van der Waals surface area contributed by atoms with E-state index in [0.29, 0.717) is 25.9 Å². The van der Waals surface area contributed by atoms with Gasteiger partial charge in [-0.3, -0.25) is 9.59 Å². The quantitative estimate of drug-likeness (QED) is 0.874. The zero-order chi connectivity index (χ0) is 18.2. The van der Waals surface area contributed by atoms with Crippen LogP contribution >= 0.6 is 0 Å². The van der Waals surface area contributed by atoms with E-state index in [1.54, 1.807) is 17.0 Å². The smallest absolute Gasteiger partial charge is 0.307 e. The third kappa shape index (κ3) is 3.41. The van der Waals surface area contributed by atoms with Gasteiger partial charge in [0.1, 0.15) is 0 Å². The summed E-state index contributed by atoms with van der Waals surface area (Å²) in [7, 11) is -3.73. The van der Waals surface area contributed by atoms with Gasteiger partial charge >= 0.3 is 5.97 Å². The third-order valence-electron chi connectivity index (χ3n) is 4.92. The number of aryl methyl sites for hydroxylation is 1. The van der Waals surface area contributed by atoms with Crippen LogP contribution in [-0.2, 0) is 26.0 Å². The lowest BCUT2D eigenvalue weighted by molar-refractivity contribution is -0.142. The summed E-state index contributed by atoms with van der Waals surface area (Å²) in [6.45, 7) is 2.48. The Bertz CT molecular complexity index is 805. The number of fused-ring (bicyclic) bond motifs is 1. The summed E-state index contributed by atoms with van der Waals surface area (Å²) in [5.74, 6) is -1.67. The van der Waals surface area contributed by atoms with Gasteiger partial charge in [0.15, 0.2) is 0 Å². The predicted octanol–water partition coefficient (Wildman–Crippen LogP) is 1.47. The van der Waals surface area contributed by atoms with Crippen LogP contribution in [-0.4, -0.2) is 49.3 Å². The summed E-state index contributed by atoms with van der Waals surface area (Å²) in [5, 5.41) is 9.17. The molecule has 1 aromatic rings. The molecule has 2 heterocycles. The molecule has 1 N–H and O–H groups in total. The molecule has 0 saturated carbocycles. The molecule has 1 saturated heterocycles. The van der Waals surface area contributed by atoms with E-state index in [9.17, 15) is 23.1 Å². The molecule has 8 heteroatoms. The van der Waals surface area contributed by atoms with E-state index in [0.717, 1.165) is 24.1 Å². The van der Waals surface area contributed by atoms with Gasteiger partial charge in [0.2, 0.25) is 15.9 Å². The van der Waals surface area contributed by atoms with Crippen LogP contribution < -0.4 is 4.90 Å². The van der Waals surface area contributed by atoms with Crippen molar-refractivity contribution in [2.24, 2.45) is 5.92 Å². The van der Waals surface area contributed by atoms with Crippen LogP contribution in [0.2, 0.25) is 0 Å². The SMILES string of the molecule is CC(=O)N1CCCc2cc(S(=O)(=O)N3CCC[C@H](C(=O)O)C3)ccc21. The van der Waals surface area contributed by atoms with Gasteiger partial charge in [-0.15, -0.1) is 0 Å².